The summed E-state index contributed by atoms with van der Waals surface area (Å²) in [6, 6.07) is 18.0. The van der Waals surface area contributed by atoms with Crippen LogP contribution in [-0.4, -0.2) is 9.97 Å². The predicted octanol–water partition coefficient (Wildman–Crippen LogP) is 3.66. The van der Waals surface area contributed by atoms with E-state index in [1.165, 1.54) is 0 Å². The highest BCUT2D eigenvalue weighted by atomic mass is 16.5. The zero-order valence-electron chi connectivity index (χ0n) is 10.4. The van der Waals surface area contributed by atoms with E-state index in [1.54, 1.807) is 6.20 Å². The molecule has 2 aromatic carbocycles. The van der Waals surface area contributed by atoms with E-state index in [9.17, 15) is 0 Å². The average Bonchev–Trinajstić information content (AvgIpc) is 3.01. The second kappa shape index (κ2) is 5.40. The van der Waals surface area contributed by atoms with Crippen molar-refractivity contribution in [2.24, 2.45) is 0 Å². The summed E-state index contributed by atoms with van der Waals surface area (Å²) in [7, 11) is 0. The Bertz CT molecular complexity index is 633. The summed E-state index contributed by atoms with van der Waals surface area (Å²) in [5, 5.41) is 0. The number of aromatic amines is 1. The van der Waals surface area contributed by atoms with Gasteiger partial charge in [-0.2, -0.15) is 0 Å². The number of ether oxygens (including phenoxy) is 1. The molecule has 0 aliphatic rings. The Labute approximate surface area is 111 Å². The van der Waals surface area contributed by atoms with Crippen molar-refractivity contribution in [2.45, 2.75) is 6.61 Å². The Kier molecular flexibility index (Phi) is 3.28. The largest absolute Gasteiger partial charge is 0.488 e. The van der Waals surface area contributed by atoms with Crippen LogP contribution in [0.1, 0.15) is 5.56 Å². The molecule has 0 saturated heterocycles. The highest BCUT2D eigenvalue weighted by Gasteiger charge is 2.07. The minimum atomic E-state index is 0.554. The Hall–Kier alpha value is -2.55. The lowest BCUT2D eigenvalue weighted by atomic mass is 10.2. The minimum Gasteiger partial charge on any atom is -0.488 e. The van der Waals surface area contributed by atoms with Crippen molar-refractivity contribution in [3.05, 3.63) is 72.6 Å². The molecule has 94 valence electrons. The normalized spacial score (nSPS) is 10.3. The number of H-pyrrole nitrogens is 1. The zero-order valence-corrected chi connectivity index (χ0v) is 10.4. The number of rotatable bonds is 4. The summed E-state index contributed by atoms with van der Waals surface area (Å²) in [6.07, 6.45) is 3.55. The molecule has 0 atom stereocenters. The second-order valence-electron chi connectivity index (χ2n) is 4.21. The van der Waals surface area contributed by atoms with Crippen molar-refractivity contribution < 1.29 is 4.74 Å². The van der Waals surface area contributed by atoms with Crippen molar-refractivity contribution in [3.8, 4) is 17.1 Å². The number of nitrogens with zero attached hydrogens (tertiary/aromatic N) is 1. The monoisotopic (exact) mass is 250 g/mol. The Balaban J connectivity index is 1.82. The molecule has 0 radical (unpaired) electrons. The quantitative estimate of drug-likeness (QED) is 0.767. The molecule has 0 fully saturated rings. The summed E-state index contributed by atoms with van der Waals surface area (Å²) in [5.41, 5.74) is 2.13. The SMILES string of the molecule is c1ccc(COc2ccccc2-c2ncc[nH]2)cc1. The second-order valence-corrected chi connectivity index (χ2v) is 4.21. The van der Waals surface area contributed by atoms with Crippen LogP contribution in [0, 0.1) is 0 Å². The first-order chi connectivity index (χ1) is 9.43. The summed E-state index contributed by atoms with van der Waals surface area (Å²) >= 11 is 0. The van der Waals surface area contributed by atoms with Gasteiger partial charge in [0.05, 0.1) is 5.56 Å². The predicted molar refractivity (Wildman–Crippen MR) is 74.8 cm³/mol. The third kappa shape index (κ3) is 2.65. The molecule has 0 aliphatic heterocycles. The molecule has 0 saturated carbocycles. The number of aromatic nitrogens is 2. The molecule has 3 nitrogen and oxygen atoms in total. The molecule has 0 unspecified atom stereocenters. The highest BCUT2D eigenvalue weighted by Crippen LogP contribution is 2.27. The van der Waals surface area contributed by atoms with E-state index >= 15 is 0 Å². The van der Waals surface area contributed by atoms with Crippen LogP contribution in [0.3, 0.4) is 0 Å². The van der Waals surface area contributed by atoms with Gasteiger partial charge < -0.3 is 9.72 Å². The van der Waals surface area contributed by atoms with Gasteiger partial charge in [0.15, 0.2) is 0 Å². The molecule has 0 spiro atoms. The first-order valence-electron chi connectivity index (χ1n) is 6.19. The van der Waals surface area contributed by atoms with Gasteiger partial charge >= 0.3 is 0 Å². The summed E-state index contributed by atoms with van der Waals surface area (Å²) in [6.45, 7) is 0.554. The first kappa shape index (κ1) is 11.5. The minimum absolute atomic E-state index is 0.554. The fraction of sp³-hybridized carbons (Fsp3) is 0.0625. The number of imidazole rings is 1. The van der Waals surface area contributed by atoms with Crippen molar-refractivity contribution in [1.82, 2.24) is 9.97 Å². The van der Waals surface area contributed by atoms with Gasteiger partial charge in [-0.1, -0.05) is 42.5 Å². The van der Waals surface area contributed by atoms with Crippen LogP contribution < -0.4 is 4.74 Å². The molecule has 3 aromatic rings. The van der Waals surface area contributed by atoms with Crippen molar-refractivity contribution in [3.63, 3.8) is 0 Å². The molecule has 3 rings (SSSR count). The average molecular weight is 250 g/mol. The van der Waals surface area contributed by atoms with Gasteiger partial charge in [-0.15, -0.1) is 0 Å². The third-order valence-corrected chi connectivity index (χ3v) is 2.88. The van der Waals surface area contributed by atoms with Crippen molar-refractivity contribution in [2.75, 3.05) is 0 Å². The molecule has 3 heteroatoms. The highest BCUT2D eigenvalue weighted by molar-refractivity contribution is 5.63. The lowest BCUT2D eigenvalue weighted by Crippen LogP contribution is -1.97. The van der Waals surface area contributed by atoms with Crippen molar-refractivity contribution in [1.29, 1.82) is 0 Å². The molecule has 0 bridgehead atoms. The lowest BCUT2D eigenvalue weighted by molar-refractivity contribution is 0.307. The fourth-order valence-electron chi connectivity index (χ4n) is 1.94. The fourth-order valence-corrected chi connectivity index (χ4v) is 1.94. The standard InChI is InChI=1S/C16H14N2O/c1-2-6-13(7-3-1)12-19-15-9-5-4-8-14(15)16-17-10-11-18-16/h1-11H,12H2,(H,17,18). The molecule has 0 aliphatic carbocycles. The van der Waals surface area contributed by atoms with Gasteiger partial charge in [-0.05, 0) is 17.7 Å². The van der Waals surface area contributed by atoms with Crippen LogP contribution in [-0.2, 0) is 6.61 Å². The van der Waals surface area contributed by atoms with Crippen LogP contribution in [0.5, 0.6) is 5.75 Å². The van der Waals surface area contributed by atoms with E-state index in [2.05, 4.69) is 22.1 Å². The zero-order chi connectivity index (χ0) is 12.9. The maximum atomic E-state index is 5.89. The molecule has 1 heterocycles. The lowest BCUT2D eigenvalue weighted by Gasteiger charge is -2.10. The van der Waals surface area contributed by atoms with Gasteiger partial charge in [0, 0.05) is 12.4 Å². The first-order valence-corrected chi connectivity index (χ1v) is 6.19. The van der Waals surface area contributed by atoms with Gasteiger partial charge in [0.25, 0.3) is 0 Å². The van der Waals surface area contributed by atoms with Crippen LogP contribution in [0.15, 0.2) is 67.0 Å². The molecular formula is C16H14N2O. The smallest absolute Gasteiger partial charge is 0.141 e. The number of nitrogens with one attached hydrogen (secondary N) is 1. The molecule has 0 amide bonds. The van der Waals surface area contributed by atoms with E-state index in [0.717, 1.165) is 22.7 Å². The number of hydrogen-bond acceptors (Lipinski definition) is 2. The molecular weight excluding hydrogens is 236 g/mol. The summed E-state index contributed by atoms with van der Waals surface area (Å²) in [5.74, 6) is 1.66. The maximum Gasteiger partial charge on any atom is 0.141 e. The topological polar surface area (TPSA) is 37.9 Å². The van der Waals surface area contributed by atoms with Crippen LogP contribution >= 0.6 is 0 Å². The summed E-state index contributed by atoms with van der Waals surface area (Å²) in [4.78, 5) is 7.37. The van der Waals surface area contributed by atoms with Gasteiger partial charge in [-0.25, -0.2) is 4.98 Å². The van der Waals surface area contributed by atoms with E-state index in [1.807, 2.05) is 48.7 Å². The Morgan fingerprint density at radius 1 is 0.947 bits per heavy atom. The maximum absolute atomic E-state index is 5.89. The Morgan fingerprint density at radius 3 is 2.53 bits per heavy atom. The number of hydrogen-bond donors (Lipinski definition) is 1. The van der Waals surface area contributed by atoms with Gasteiger partial charge in [0.1, 0.15) is 18.2 Å². The molecule has 19 heavy (non-hydrogen) atoms. The number of benzene rings is 2. The molecule has 1 N–H and O–H groups in total. The Morgan fingerprint density at radius 2 is 1.74 bits per heavy atom. The summed E-state index contributed by atoms with van der Waals surface area (Å²) < 4.78 is 5.89. The van der Waals surface area contributed by atoms with E-state index in [4.69, 9.17) is 4.74 Å². The van der Waals surface area contributed by atoms with Crippen LogP contribution in [0.4, 0.5) is 0 Å². The van der Waals surface area contributed by atoms with E-state index in [0.29, 0.717) is 6.61 Å². The van der Waals surface area contributed by atoms with Crippen LogP contribution in [0.2, 0.25) is 0 Å². The van der Waals surface area contributed by atoms with Crippen LogP contribution in [0.25, 0.3) is 11.4 Å². The van der Waals surface area contributed by atoms with E-state index < -0.39 is 0 Å². The molecule has 1 aromatic heterocycles. The van der Waals surface area contributed by atoms with Gasteiger partial charge in [0.2, 0.25) is 0 Å². The van der Waals surface area contributed by atoms with Crippen molar-refractivity contribution >= 4 is 0 Å². The number of para-hydroxylation sites is 1. The van der Waals surface area contributed by atoms with E-state index in [-0.39, 0.29) is 0 Å². The third-order valence-electron chi connectivity index (χ3n) is 2.88. The van der Waals surface area contributed by atoms with Gasteiger partial charge in [-0.3, -0.25) is 0 Å².